The van der Waals surface area contributed by atoms with Crippen LogP contribution in [0.1, 0.15) is 10.4 Å². The number of anilines is 1. The molecule has 0 bridgehead atoms. The molecule has 2 aromatic rings. The summed E-state index contributed by atoms with van der Waals surface area (Å²) in [4.78, 5) is 14.9. The van der Waals surface area contributed by atoms with E-state index in [9.17, 15) is 4.79 Å². The highest BCUT2D eigenvalue weighted by atomic mass is 35.5. The number of carboxylic acid groups (broad SMARTS) is 1. The van der Waals surface area contributed by atoms with Gasteiger partial charge in [0, 0.05) is 30.1 Å². The van der Waals surface area contributed by atoms with Crippen LogP contribution >= 0.6 is 11.6 Å². The van der Waals surface area contributed by atoms with Crippen molar-refractivity contribution >= 4 is 23.3 Å². The number of aromatic nitrogens is 1. The largest absolute Gasteiger partial charge is 0.478 e. The van der Waals surface area contributed by atoms with E-state index in [0.717, 1.165) is 11.3 Å². The predicted octanol–water partition coefficient (Wildman–Crippen LogP) is 3.14. The van der Waals surface area contributed by atoms with E-state index in [4.69, 9.17) is 16.7 Å². The van der Waals surface area contributed by atoms with E-state index in [2.05, 4.69) is 10.3 Å². The fourth-order valence-electron chi connectivity index (χ4n) is 1.70. The summed E-state index contributed by atoms with van der Waals surface area (Å²) < 4.78 is 0. The van der Waals surface area contributed by atoms with Crippen LogP contribution in [0, 0.1) is 0 Å². The fraction of sp³-hybridized carbons (Fsp3) is 0.0769. The standard InChI is InChI=1S/C13H11ClN2O2/c1-15-11-5-3-2-4-9(11)8-6-10(13(17)18)12(14)16-7-8/h2-7,15H,1H3,(H,17,18). The lowest BCUT2D eigenvalue weighted by molar-refractivity contribution is 0.0696. The van der Waals surface area contributed by atoms with Crippen molar-refractivity contribution in [3.8, 4) is 11.1 Å². The van der Waals surface area contributed by atoms with Gasteiger partial charge in [0.2, 0.25) is 0 Å². The molecule has 0 aliphatic rings. The fourth-order valence-corrected chi connectivity index (χ4v) is 1.88. The van der Waals surface area contributed by atoms with Gasteiger partial charge in [0.25, 0.3) is 0 Å². The van der Waals surface area contributed by atoms with E-state index in [1.807, 2.05) is 24.3 Å². The molecular weight excluding hydrogens is 252 g/mol. The molecule has 18 heavy (non-hydrogen) atoms. The van der Waals surface area contributed by atoms with E-state index in [-0.39, 0.29) is 10.7 Å². The molecule has 1 aromatic heterocycles. The Balaban J connectivity index is 2.58. The van der Waals surface area contributed by atoms with Gasteiger partial charge in [-0.2, -0.15) is 0 Å². The number of pyridine rings is 1. The summed E-state index contributed by atoms with van der Waals surface area (Å²) in [6.45, 7) is 0. The van der Waals surface area contributed by atoms with Crippen LogP contribution in [-0.2, 0) is 0 Å². The van der Waals surface area contributed by atoms with Gasteiger partial charge in [-0.15, -0.1) is 0 Å². The van der Waals surface area contributed by atoms with Crippen molar-refractivity contribution in [3.05, 3.63) is 47.2 Å². The second-order valence-corrected chi connectivity index (χ2v) is 4.02. The summed E-state index contributed by atoms with van der Waals surface area (Å²) in [5.74, 6) is -1.09. The minimum absolute atomic E-state index is 0.0000674. The van der Waals surface area contributed by atoms with Crippen molar-refractivity contribution in [2.75, 3.05) is 12.4 Å². The maximum absolute atomic E-state index is 11.0. The lowest BCUT2D eigenvalue weighted by atomic mass is 10.0. The zero-order chi connectivity index (χ0) is 13.1. The zero-order valence-corrected chi connectivity index (χ0v) is 10.4. The highest BCUT2D eigenvalue weighted by Gasteiger charge is 2.12. The van der Waals surface area contributed by atoms with Gasteiger partial charge in [0.1, 0.15) is 5.15 Å². The first kappa shape index (κ1) is 12.4. The molecular formula is C13H11ClN2O2. The molecule has 1 aromatic carbocycles. The van der Waals surface area contributed by atoms with Gasteiger partial charge in [-0.05, 0) is 12.1 Å². The number of rotatable bonds is 3. The van der Waals surface area contributed by atoms with Crippen molar-refractivity contribution in [2.45, 2.75) is 0 Å². The Hall–Kier alpha value is -2.07. The van der Waals surface area contributed by atoms with Crippen LogP contribution in [0.25, 0.3) is 11.1 Å². The van der Waals surface area contributed by atoms with Crippen LogP contribution in [0.3, 0.4) is 0 Å². The van der Waals surface area contributed by atoms with Gasteiger partial charge in [-0.1, -0.05) is 29.8 Å². The van der Waals surface area contributed by atoms with Crippen LogP contribution in [0.2, 0.25) is 5.15 Å². The molecule has 0 saturated carbocycles. The summed E-state index contributed by atoms with van der Waals surface area (Å²) in [6, 6.07) is 9.10. The number of hydrogen-bond donors (Lipinski definition) is 2. The minimum Gasteiger partial charge on any atom is -0.478 e. The van der Waals surface area contributed by atoms with Crippen LogP contribution < -0.4 is 5.32 Å². The molecule has 0 spiro atoms. The average Bonchev–Trinajstić information content (AvgIpc) is 2.39. The number of para-hydroxylation sites is 1. The molecule has 0 radical (unpaired) electrons. The number of benzene rings is 1. The Bertz CT molecular complexity index is 599. The summed E-state index contributed by atoms with van der Waals surface area (Å²) in [5.41, 5.74) is 2.49. The third kappa shape index (κ3) is 2.28. The van der Waals surface area contributed by atoms with Crippen LogP contribution in [-0.4, -0.2) is 23.1 Å². The van der Waals surface area contributed by atoms with Crippen molar-refractivity contribution in [2.24, 2.45) is 0 Å². The molecule has 0 atom stereocenters. The Morgan fingerprint density at radius 3 is 2.78 bits per heavy atom. The number of nitrogens with one attached hydrogen (secondary N) is 1. The Labute approximate surface area is 109 Å². The smallest absolute Gasteiger partial charge is 0.338 e. The molecule has 0 aliphatic heterocycles. The second kappa shape index (κ2) is 5.06. The predicted molar refractivity (Wildman–Crippen MR) is 71.2 cm³/mol. The highest BCUT2D eigenvalue weighted by molar-refractivity contribution is 6.32. The van der Waals surface area contributed by atoms with Gasteiger partial charge in [0.15, 0.2) is 0 Å². The third-order valence-electron chi connectivity index (χ3n) is 2.58. The molecule has 0 amide bonds. The topological polar surface area (TPSA) is 62.2 Å². The summed E-state index contributed by atoms with van der Waals surface area (Å²) >= 11 is 5.74. The SMILES string of the molecule is CNc1ccccc1-c1cnc(Cl)c(C(=O)O)c1. The van der Waals surface area contributed by atoms with Gasteiger partial charge >= 0.3 is 5.97 Å². The number of nitrogens with zero attached hydrogens (tertiary/aromatic N) is 1. The quantitative estimate of drug-likeness (QED) is 0.834. The first-order valence-electron chi connectivity index (χ1n) is 5.29. The first-order valence-corrected chi connectivity index (χ1v) is 5.67. The average molecular weight is 263 g/mol. The van der Waals surface area contributed by atoms with Gasteiger partial charge in [-0.3, -0.25) is 0 Å². The number of carbonyl (C=O) groups is 1. The molecule has 2 rings (SSSR count). The molecule has 0 unspecified atom stereocenters. The van der Waals surface area contributed by atoms with E-state index < -0.39 is 5.97 Å². The Morgan fingerprint density at radius 1 is 1.39 bits per heavy atom. The monoisotopic (exact) mass is 262 g/mol. The Kier molecular flexibility index (Phi) is 3.48. The Morgan fingerprint density at radius 2 is 2.11 bits per heavy atom. The van der Waals surface area contributed by atoms with E-state index in [1.165, 1.54) is 6.07 Å². The number of halogens is 1. The lowest BCUT2D eigenvalue weighted by Gasteiger charge is -2.09. The van der Waals surface area contributed by atoms with Gasteiger partial charge in [-0.25, -0.2) is 9.78 Å². The minimum atomic E-state index is -1.09. The molecule has 0 saturated heterocycles. The summed E-state index contributed by atoms with van der Waals surface area (Å²) in [5, 5.41) is 12.1. The molecule has 2 N–H and O–H groups in total. The summed E-state index contributed by atoms with van der Waals surface area (Å²) in [7, 11) is 1.81. The molecule has 0 aliphatic carbocycles. The van der Waals surface area contributed by atoms with E-state index in [1.54, 1.807) is 13.2 Å². The molecule has 0 fully saturated rings. The lowest BCUT2D eigenvalue weighted by Crippen LogP contribution is -2.00. The first-order chi connectivity index (χ1) is 8.63. The summed E-state index contributed by atoms with van der Waals surface area (Å²) in [6.07, 6.45) is 1.56. The van der Waals surface area contributed by atoms with Gasteiger partial charge < -0.3 is 10.4 Å². The molecule has 92 valence electrons. The van der Waals surface area contributed by atoms with Gasteiger partial charge in [0.05, 0.1) is 5.56 Å². The van der Waals surface area contributed by atoms with E-state index >= 15 is 0 Å². The van der Waals surface area contributed by atoms with Crippen LogP contribution in [0.5, 0.6) is 0 Å². The molecule has 1 heterocycles. The van der Waals surface area contributed by atoms with Crippen molar-refractivity contribution in [3.63, 3.8) is 0 Å². The molecule has 4 nitrogen and oxygen atoms in total. The third-order valence-corrected chi connectivity index (χ3v) is 2.88. The van der Waals surface area contributed by atoms with E-state index in [0.29, 0.717) is 5.56 Å². The molecule has 5 heteroatoms. The normalized spacial score (nSPS) is 10.1. The highest BCUT2D eigenvalue weighted by Crippen LogP contribution is 2.29. The van der Waals surface area contributed by atoms with Crippen molar-refractivity contribution in [1.29, 1.82) is 0 Å². The maximum atomic E-state index is 11.0. The number of hydrogen-bond acceptors (Lipinski definition) is 3. The number of carboxylic acids is 1. The van der Waals surface area contributed by atoms with Crippen molar-refractivity contribution < 1.29 is 9.90 Å². The maximum Gasteiger partial charge on any atom is 0.338 e. The van der Waals surface area contributed by atoms with Crippen molar-refractivity contribution in [1.82, 2.24) is 4.98 Å². The number of aromatic carboxylic acids is 1. The van der Waals surface area contributed by atoms with Crippen LogP contribution in [0.15, 0.2) is 36.5 Å². The second-order valence-electron chi connectivity index (χ2n) is 3.66. The zero-order valence-electron chi connectivity index (χ0n) is 9.64. The van der Waals surface area contributed by atoms with Crippen LogP contribution in [0.4, 0.5) is 5.69 Å².